The van der Waals surface area contributed by atoms with E-state index in [1.54, 1.807) is 6.20 Å². The Kier molecular flexibility index (Phi) is 3.78. The molecule has 1 aromatic heterocycles. The van der Waals surface area contributed by atoms with Crippen molar-refractivity contribution in [2.75, 3.05) is 13.1 Å². The van der Waals surface area contributed by atoms with Crippen molar-refractivity contribution in [3.05, 3.63) is 18.0 Å². The predicted molar refractivity (Wildman–Crippen MR) is 72.5 cm³/mol. The molecule has 1 aliphatic heterocycles. The number of aliphatic hydroxyl groups excluding tert-OH is 1. The van der Waals surface area contributed by atoms with Crippen LogP contribution in [-0.2, 0) is 0 Å². The molecule has 0 bridgehead atoms. The first-order chi connectivity index (χ1) is 8.44. The van der Waals surface area contributed by atoms with Crippen LogP contribution < -0.4 is 0 Å². The summed E-state index contributed by atoms with van der Waals surface area (Å²) in [5.41, 5.74) is 0.685. The first-order valence-corrected chi connectivity index (χ1v) is 6.91. The van der Waals surface area contributed by atoms with Gasteiger partial charge in [0.05, 0.1) is 5.69 Å². The minimum absolute atomic E-state index is 0.233. The fraction of sp³-hybridized carbons (Fsp3) is 0.786. The third-order valence-electron chi connectivity index (χ3n) is 4.06. The molecule has 0 saturated carbocycles. The third-order valence-corrected chi connectivity index (χ3v) is 4.06. The molecule has 18 heavy (non-hydrogen) atoms. The monoisotopic (exact) mass is 251 g/mol. The Morgan fingerprint density at radius 2 is 1.89 bits per heavy atom. The first kappa shape index (κ1) is 13.6. The minimum atomic E-state index is -0.500. The molecule has 0 aliphatic carbocycles. The van der Waals surface area contributed by atoms with Crippen molar-refractivity contribution in [1.29, 1.82) is 0 Å². The number of aromatic nitrogens is 2. The van der Waals surface area contributed by atoms with Gasteiger partial charge in [0.15, 0.2) is 0 Å². The number of nitrogens with zero attached hydrogens (tertiary/aromatic N) is 3. The number of rotatable bonds is 4. The first-order valence-electron chi connectivity index (χ1n) is 6.91. The largest absolute Gasteiger partial charge is 0.385 e. The van der Waals surface area contributed by atoms with E-state index in [4.69, 9.17) is 0 Å². The van der Waals surface area contributed by atoms with Crippen LogP contribution in [-0.4, -0.2) is 38.4 Å². The van der Waals surface area contributed by atoms with E-state index in [-0.39, 0.29) is 11.6 Å². The predicted octanol–water partition coefficient (Wildman–Crippen LogP) is 2.37. The summed E-state index contributed by atoms with van der Waals surface area (Å²) in [7, 11) is 0. The average Bonchev–Trinajstić information content (AvgIpc) is 2.98. The molecule has 1 saturated heterocycles. The van der Waals surface area contributed by atoms with Gasteiger partial charge in [-0.15, -0.1) is 0 Å². The van der Waals surface area contributed by atoms with Crippen LogP contribution in [0.15, 0.2) is 12.3 Å². The SMILES string of the molecule is CC(C)n1nccc1C(O)C(C)(C)N1CCCC1. The maximum absolute atomic E-state index is 10.7. The molecule has 1 fully saturated rings. The van der Waals surface area contributed by atoms with Crippen LogP contribution >= 0.6 is 0 Å². The number of aliphatic hydroxyl groups is 1. The molecule has 102 valence electrons. The molecular weight excluding hydrogens is 226 g/mol. The summed E-state index contributed by atoms with van der Waals surface area (Å²) in [6, 6.07) is 2.21. The van der Waals surface area contributed by atoms with E-state index >= 15 is 0 Å². The van der Waals surface area contributed by atoms with Gasteiger partial charge in [-0.2, -0.15) is 5.10 Å². The maximum atomic E-state index is 10.7. The zero-order chi connectivity index (χ0) is 13.3. The van der Waals surface area contributed by atoms with Gasteiger partial charge in [-0.1, -0.05) is 0 Å². The summed E-state index contributed by atoms with van der Waals surface area (Å²) in [4.78, 5) is 2.38. The van der Waals surface area contributed by atoms with Gasteiger partial charge < -0.3 is 5.11 Å². The Hall–Kier alpha value is -0.870. The Labute approximate surface area is 110 Å². The zero-order valence-electron chi connectivity index (χ0n) is 11.9. The Balaban J connectivity index is 2.23. The molecule has 0 spiro atoms. The van der Waals surface area contributed by atoms with E-state index < -0.39 is 6.10 Å². The molecule has 1 aromatic rings. The Bertz CT molecular complexity index is 391. The lowest BCUT2D eigenvalue weighted by Crippen LogP contribution is -2.47. The summed E-state index contributed by atoms with van der Waals surface area (Å²) in [5.74, 6) is 0. The fourth-order valence-corrected chi connectivity index (χ4v) is 2.80. The number of likely N-dealkylation sites (tertiary alicyclic amines) is 1. The quantitative estimate of drug-likeness (QED) is 0.893. The summed E-state index contributed by atoms with van der Waals surface area (Å²) < 4.78 is 1.92. The molecule has 1 atom stereocenters. The highest BCUT2D eigenvalue weighted by molar-refractivity contribution is 5.12. The standard InChI is InChI=1S/C14H25N3O/c1-11(2)17-12(7-8-15-17)13(18)14(3,4)16-9-5-6-10-16/h7-8,11,13,18H,5-6,9-10H2,1-4H3. The van der Waals surface area contributed by atoms with Crippen LogP contribution in [0.4, 0.5) is 0 Å². The minimum Gasteiger partial charge on any atom is -0.385 e. The third kappa shape index (κ3) is 2.31. The second-order valence-electron chi connectivity index (χ2n) is 6.04. The highest BCUT2D eigenvalue weighted by atomic mass is 16.3. The Morgan fingerprint density at radius 3 is 2.44 bits per heavy atom. The van der Waals surface area contributed by atoms with Crippen LogP contribution in [0.2, 0.25) is 0 Å². The van der Waals surface area contributed by atoms with Crippen LogP contribution in [0.1, 0.15) is 58.4 Å². The second kappa shape index (κ2) is 5.02. The molecule has 1 aliphatic rings. The Morgan fingerprint density at radius 1 is 1.28 bits per heavy atom. The normalized spacial score (nSPS) is 19.7. The van der Waals surface area contributed by atoms with Gasteiger partial charge in [0.25, 0.3) is 0 Å². The van der Waals surface area contributed by atoms with Crippen LogP contribution in [0.25, 0.3) is 0 Å². The molecule has 1 N–H and O–H groups in total. The van der Waals surface area contributed by atoms with E-state index in [2.05, 4.69) is 37.7 Å². The summed E-state index contributed by atoms with van der Waals surface area (Å²) in [6.07, 6.45) is 3.75. The van der Waals surface area contributed by atoms with Gasteiger partial charge in [0, 0.05) is 17.8 Å². The van der Waals surface area contributed by atoms with Crippen molar-refractivity contribution in [2.45, 2.75) is 58.2 Å². The van der Waals surface area contributed by atoms with Crippen molar-refractivity contribution in [3.63, 3.8) is 0 Å². The lowest BCUT2D eigenvalue weighted by atomic mass is 9.92. The maximum Gasteiger partial charge on any atom is 0.113 e. The average molecular weight is 251 g/mol. The highest BCUT2D eigenvalue weighted by Crippen LogP contribution is 2.33. The van der Waals surface area contributed by atoms with Crippen molar-refractivity contribution in [2.24, 2.45) is 0 Å². The van der Waals surface area contributed by atoms with Gasteiger partial charge in [-0.05, 0) is 59.7 Å². The smallest absolute Gasteiger partial charge is 0.113 e. The molecule has 2 rings (SSSR count). The molecular formula is C14H25N3O. The van der Waals surface area contributed by atoms with E-state index in [1.165, 1.54) is 12.8 Å². The van der Waals surface area contributed by atoms with E-state index in [9.17, 15) is 5.11 Å². The van der Waals surface area contributed by atoms with Gasteiger partial charge in [-0.3, -0.25) is 9.58 Å². The lowest BCUT2D eigenvalue weighted by molar-refractivity contribution is -0.00440. The van der Waals surface area contributed by atoms with Crippen molar-refractivity contribution in [1.82, 2.24) is 14.7 Å². The molecule has 4 nitrogen and oxygen atoms in total. The molecule has 0 radical (unpaired) electrons. The second-order valence-corrected chi connectivity index (χ2v) is 6.04. The lowest BCUT2D eigenvalue weighted by Gasteiger charge is -2.39. The van der Waals surface area contributed by atoms with Crippen molar-refractivity contribution in [3.8, 4) is 0 Å². The molecule has 1 unspecified atom stereocenters. The fourth-order valence-electron chi connectivity index (χ4n) is 2.80. The summed E-state index contributed by atoms with van der Waals surface area (Å²) >= 11 is 0. The summed E-state index contributed by atoms with van der Waals surface area (Å²) in [6.45, 7) is 10.6. The number of hydrogen-bond donors (Lipinski definition) is 1. The van der Waals surface area contributed by atoms with Gasteiger partial charge in [0.1, 0.15) is 6.10 Å². The van der Waals surface area contributed by atoms with Crippen LogP contribution in [0.3, 0.4) is 0 Å². The van der Waals surface area contributed by atoms with Crippen molar-refractivity contribution < 1.29 is 5.11 Å². The van der Waals surface area contributed by atoms with Gasteiger partial charge in [0.2, 0.25) is 0 Å². The van der Waals surface area contributed by atoms with Gasteiger partial charge in [-0.25, -0.2) is 0 Å². The molecule has 4 heteroatoms. The van der Waals surface area contributed by atoms with Crippen LogP contribution in [0, 0.1) is 0 Å². The molecule has 2 heterocycles. The highest BCUT2D eigenvalue weighted by Gasteiger charge is 2.38. The van der Waals surface area contributed by atoms with E-state index in [1.807, 2.05) is 10.7 Å². The van der Waals surface area contributed by atoms with E-state index in [0.717, 1.165) is 18.8 Å². The zero-order valence-corrected chi connectivity index (χ0v) is 11.9. The number of hydrogen-bond acceptors (Lipinski definition) is 3. The topological polar surface area (TPSA) is 41.3 Å². The van der Waals surface area contributed by atoms with Gasteiger partial charge >= 0.3 is 0 Å². The molecule has 0 amide bonds. The molecule has 0 aromatic carbocycles. The van der Waals surface area contributed by atoms with E-state index in [0.29, 0.717) is 0 Å². The van der Waals surface area contributed by atoms with Crippen molar-refractivity contribution >= 4 is 0 Å². The van der Waals surface area contributed by atoms with Crippen LogP contribution in [0.5, 0.6) is 0 Å². The summed E-state index contributed by atoms with van der Waals surface area (Å²) in [5, 5.41) is 15.0.